The lowest BCUT2D eigenvalue weighted by atomic mass is 9.88. The fourth-order valence-corrected chi connectivity index (χ4v) is 3.63. The minimum atomic E-state index is -0.539. The van der Waals surface area contributed by atoms with Gasteiger partial charge in [0.05, 0.1) is 0 Å². The van der Waals surface area contributed by atoms with E-state index in [2.05, 4.69) is 24.1 Å². The number of methoxy groups -OCH3 is 1. The molecule has 5 heteroatoms. The molecule has 0 spiro atoms. The third-order valence-corrected chi connectivity index (χ3v) is 4.84. The molecule has 2 fully saturated rings. The molecule has 0 aromatic rings. The summed E-state index contributed by atoms with van der Waals surface area (Å²) in [5, 5.41) is 3.50. The largest absolute Gasteiger partial charge is 0.384 e. The molecule has 122 valence electrons. The monoisotopic (exact) mass is 297 g/mol. The average molecular weight is 297 g/mol. The minimum Gasteiger partial charge on any atom is -0.384 e. The SMILES string of the molecule is COCC1CCN(CC(NC(C)C)(C(N)=O)C2CC2)CC1. The first-order valence-corrected chi connectivity index (χ1v) is 8.27. The predicted octanol–water partition coefficient (Wildman–Crippen LogP) is 0.977. The molecule has 0 aromatic carbocycles. The Hall–Kier alpha value is -0.650. The van der Waals surface area contributed by atoms with Gasteiger partial charge in [0.2, 0.25) is 5.91 Å². The van der Waals surface area contributed by atoms with E-state index in [1.54, 1.807) is 7.11 Å². The fourth-order valence-electron chi connectivity index (χ4n) is 3.63. The Morgan fingerprint density at radius 2 is 1.95 bits per heavy atom. The molecule has 0 aromatic heterocycles. The average Bonchev–Trinajstić information content (AvgIpc) is 3.24. The second-order valence-corrected chi connectivity index (χ2v) is 7.08. The molecule has 1 amide bonds. The number of hydrogen-bond donors (Lipinski definition) is 2. The maximum Gasteiger partial charge on any atom is 0.239 e. The lowest BCUT2D eigenvalue weighted by Crippen LogP contribution is -2.65. The van der Waals surface area contributed by atoms with E-state index in [-0.39, 0.29) is 11.9 Å². The first-order valence-electron chi connectivity index (χ1n) is 8.27. The van der Waals surface area contributed by atoms with Crippen molar-refractivity contribution in [3.8, 4) is 0 Å². The van der Waals surface area contributed by atoms with Crippen LogP contribution < -0.4 is 11.1 Å². The number of nitrogens with one attached hydrogen (secondary N) is 1. The van der Waals surface area contributed by atoms with Crippen molar-refractivity contribution < 1.29 is 9.53 Å². The standard InChI is InChI=1S/C16H31N3O2/c1-12(2)18-16(15(17)20,14-4-5-14)11-19-8-6-13(7-9-19)10-21-3/h12-14,18H,4-11H2,1-3H3,(H2,17,20). The number of primary amides is 1. The third kappa shape index (κ3) is 4.18. The van der Waals surface area contributed by atoms with Crippen LogP contribution in [0, 0.1) is 11.8 Å². The van der Waals surface area contributed by atoms with Gasteiger partial charge in [-0.2, -0.15) is 0 Å². The van der Waals surface area contributed by atoms with Crippen molar-refractivity contribution >= 4 is 5.91 Å². The first-order chi connectivity index (χ1) is 9.98. The molecule has 1 saturated carbocycles. The number of carbonyl (C=O) groups is 1. The maximum atomic E-state index is 12.2. The van der Waals surface area contributed by atoms with Gasteiger partial charge in [-0.05, 0) is 64.5 Å². The molecule has 1 unspecified atom stereocenters. The molecule has 0 bridgehead atoms. The molecule has 2 aliphatic rings. The van der Waals surface area contributed by atoms with Crippen LogP contribution in [0.5, 0.6) is 0 Å². The molecule has 3 N–H and O–H groups in total. The van der Waals surface area contributed by atoms with Gasteiger partial charge in [-0.1, -0.05) is 0 Å². The summed E-state index contributed by atoms with van der Waals surface area (Å²) in [5.74, 6) is 0.889. The Balaban J connectivity index is 1.97. The fraction of sp³-hybridized carbons (Fsp3) is 0.938. The van der Waals surface area contributed by atoms with Crippen molar-refractivity contribution in [1.82, 2.24) is 10.2 Å². The zero-order chi connectivity index (χ0) is 15.5. The van der Waals surface area contributed by atoms with Gasteiger partial charge in [0.15, 0.2) is 0 Å². The van der Waals surface area contributed by atoms with Crippen molar-refractivity contribution in [2.45, 2.75) is 51.1 Å². The number of hydrogen-bond acceptors (Lipinski definition) is 4. The van der Waals surface area contributed by atoms with Gasteiger partial charge < -0.3 is 15.4 Å². The van der Waals surface area contributed by atoms with Crippen LogP contribution in [0.3, 0.4) is 0 Å². The highest BCUT2D eigenvalue weighted by Crippen LogP contribution is 2.41. The highest BCUT2D eigenvalue weighted by atomic mass is 16.5. The van der Waals surface area contributed by atoms with Crippen LogP contribution in [-0.4, -0.2) is 55.7 Å². The molecule has 21 heavy (non-hydrogen) atoms. The predicted molar refractivity (Wildman–Crippen MR) is 84.0 cm³/mol. The topological polar surface area (TPSA) is 67.6 Å². The van der Waals surface area contributed by atoms with Crippen molar-refractivity contribution in [1.29, 1.82) is 0 Å². The van der Waals surface area contributed by atoms with Gasteiger partial charge in [0, 0.05) is 26.3 Å². The van der Waals surface area contributed by atoms with E-state index in [4.69, 9.17) is 10.5 Å². The second kappa shape index (κ2) is 7.07. The quantitative estimate of drug-likeness (QED) is 0.701. The van der Waals surface area contributed by atoms with Crippen LogP contribution in [0.15, 0.2) is 0 Å². The van der Waals surface area contributed by atoms with Crippen LogP contribution >= 0.6 is 0 Å². The lowest BCUT2D eigenvalue weighted by molar-refractivity contribution is -0.126. The highest BCUT2D eigenvalue weighted by molar-refractivity contribution is 5.86. The Kier molecular flexibility index (Phi) is 5.63. The summed E-state index contributed by atoms with van der Waals surface area (Å²) in [4.78, 5) is 14.6. The van der Waals surface area contributed by atoms with Gasteiger partial charge in [-0.25, -0.2) is 0 Å². The summed E-state index contributed by atoms with van der Waals surface area (Å²) >= 11 is 0. The van der Waals surface area contributed by atoms with Crippen LogP contribution in [0.25, 0.3) is 0 Å². The van der Waals surface area contributed by atoms with E-state index in [9.17, 15) is 4.79 Å². The maximum absolute atomic E-state index is 12.2. The number of likely N-dealkylation sites (tertiary alicyclic amines) is 1. The molecule has 1 aliphatic heterocycles. The van der Waals surface area contributed by atoms with E-state index < -0.39 is 5.54 Å². The molecule has 2 rings (SSSR count). The van der Waals surface area contributed by atoms with Gasteiger partial charge >= 0.3 is 0 Å². The summed E-state index contributed by atoms with van der Waals surface area (Å²) in [7, 11) is 1.77. The van der Waals surface area contributed by atoms with Crippen LogP contribution in [0.1, 0.15) is 39.5 Å². The second-order valence-electron chi connectivity index (χ2n) is 7.08. The number of carbonyl (C=O) groups excluding carboxylic acids is 1. The number of rotatable bonds is 8. The zero-order valence-electron chi connectivity index (χ0n) is 13.7. The van der Waals surface area contributed by atoms with Crippen molar-refractivity contribution in [2.24, 2.45) is 17.6 Å². The smallest absolute Gasteiger partial charge is 0.239 e. The molecule has 5 nitrogen and oxygen atoms in total. The number of amides is 1. The van der Waals surface area contributed by atoms with Crippen molar-refractivity contribution in [3.63, 3.8) is 0 Å². The van der Waals surface area contributed by atoms with Crippen LogP contribution in [-0.2, 0) is 9.53 Å². The summed E-state index contributed by atoms with van der Waals surface area (Å²) in [6.07, 6.45) is 4.52. The number of nitrogens with two attached hydrogens (primary N) is 1. The first kappa shape index (κ1) is 16.7. The highest BCUT2D eigenvalue weighted by Gasteiger charge is 2.51. The molecule has 1 saturated heterocycles. The van der Waals surface area contributed by atoms with Crippen molar-refractivity contribution in [2.75, 3.05) is 33.4 Å². The molecular formula is C16H31N3O2. The van der Waals surface area contributed by atoms with E-state index >= 15 is 0 Å². The molecule has 1 aliphatic carbocycles. The van der Waals surface area contributed by atoms with E-state index in [1.165, 1.54) is 0 Å². The summed E-state index contributed by atoms with van der Waals surface area (Å²) in [6.45, 7) is 7.85. The summed E-state index contributed by atoms with van der Waals surface area (Å²) in [5.41, 5.74) is 5.27. The Morgan fingerprint density at radius 1 is 1.33 bits per heavy atom. The molecule has 1 atom stereocenters. The van der Waals surface area contributed by atoms with Gasteiger partial charge in [0.1, 0.15) is 5.54 Å². The Labute approximate surface area is 128 Å². The van der Waals surface area contributed by atoms with Gasteiger partial charge in [-0.15, -0.1) is 0 Å². The van der Waals surface area contributed by atoms with Crippen LogP contribution in [0.4, 0.5) is 0 Å². The zero-order valence-corrected chi connectivity index (χ0v) is 13.7. The van der Waals surface area contributed by atoms with Gasteiger partial charge in [0.25, 0.3) is 0 Å². The number of piperidine rings is 1. The van der Waals surface area contributed by atoms with Crippen molar-refractivity contribution in [3.05, 3.63) is 0 Å². The van der Waals surface area contributed by atoms with Crippen LogP contribution in [0.2, 0.25) is 0 Å². The Morgan fingerprint density at radius 3 is 2.38 bits per heavy atom. The lowest BCUT2D eigenvalue weighted by Gasteiger charge is -2.41. The molecule has 0 radical (unpaired) electrons. The van der Waals surface area contributed by atoms with E-state index in [0.717, 1.165) is 51.9 Å². The number of ether oxygens (including phenoxy) is 1. The van der Waals surface area contributed by atoms with Gasteiger partial charge in [-0.3, -0.25) is 10.1 Å². The molecule has 1 heterocycles. The third-order valence-electron chi connectivity index (χ3n) is 4.84. The van der Waals surface area contributed by atoms with E-state index in [0.29, 0.717) is 11.8 Å². The van der Waals surface area contributed by atoms with E-state index in [1.807, 2.05) is 0 Å². The molecular weight excluding hydrogens is 266 g/mol. The number of nitrogens with zero attached hydrogens (tertiary/aromatic N) is 1. The minimum absolute atomic E-state index is 0.183. The summed E-state index contributed by atoms with van der Waals surface area (Å²) < 4.78 is 5.25. The normalized spacial score (nSPS) is 24.2. The Bertz CT molecular complexity index is 349. The summed E-state index contributed by atoms with van der Waals surface area (Å²) in [6, 6.07) is 0.268.